The van der Waals surface area contributed by atoms with Crippen molar-refractivity contribution in [2.24, 2.45) is 0 Å². The zero-order chi connectivity index (χ0) is 14.9. The normalized spacial score (nSPS) is 23.1. The fourth-order valence-corrected chi connectivity index (χ4v) is 2.44. The van der Waals surface area contributed by atoms with Crippen LogP contribution in [0.3, 0.4) is 0 Å². The van der Waals surface area contributed by atoms with Gasteiger partial charge in [0.05, 0.1) is 0 Å². The minimum absolute atomic E-state index is 0.00315. The maximum absolute atomic E-state index is 12.1. The van der Waals surface area contributed by atoms with Crippen LogP contribution in [0.4, 0.5) is 4.79 Å². The molecule has 2 heterocycles. The number of carbonyl (C=O) groups is 3. The van der Waals surface area contributed by atoms with Gasteiger partial charge in [-0.3, -0.25) is 14.5 Å². The lowest BCUT2D eigenvalue weighted by Crippen LogP contribution is -2.48. The van der Waals surface area contributed by atoms with Crippen LogP contribution in [0.15, 0.2) is 0 Å². The smallest absolute Gasteiger partial charge is 0.325 e. The van der Waals surface area contributed by atoms with Crippen molar-refractivity contribution in [1.82, 2.24) is 20.0 Å². The maximum Gasteiger partial charge on any atom is 0.325 e. The van der Waals surface area contributed by atoms with E-state index in [0.717, 1.165) is 18.0 Å². The Labute approximate surface area is 118 Å². The van der Waals surface area contributed by atoms with Gasteiger partial charge >= 0.3 is 6.03 Å². The molecule has 0 radical (unpaired) electrons. The molecule has 7 nitrogen and oxygen atoms in total. The highest BCUT2D eigenvalue weighted by Crippen LogP contribution is 2.17. The summed E-state index contributed by atoms with van der Waals surface area (Å²) in [6.45, 7) is 6.62. The number of piperazine rings is 1. The first-order valence-electron chi connectivity index (χ1n) is 6.92. The minimum Gasteiger partial charge on any atom is -0.340 e. The third-order valence-electron chi connectivity index (χ3n) is 3.85. The zero-order valence-corrected chi connectivity index (χ0v) is 12.3. The van der Waals surface area contributed by atoms with Crippen molar-refractivity contribution < 1.29 is 14.4 Å². The van der Waals surface area contributed by atoms with E-state index >= 15 is 0 Å². The molecule has 2 saturated heterocycles. The first kappa shape index (κ1) is 14.8. The lowest BCUT2D eigenvalue weighted by Gasteiger charge is -2.32. The summed E-state index contributed by atoms with van der Waals surface area (Å²) in [5.41, 5.74) is -0.867. The van der Waals surface area contributed by atoms with Gasteiger partial charge in [-0.25, -0.2) is 4.79 Å². The summed E-state index contributed by atoms with van der Waals surface area (Å²) in [6, 6.07) is -0.411. The molecule has 2 fully saturated rings. The van der Waals surface area contributed by atoms with Crippen LogP contribution in [0.2, 0.25) is 0 Å². The second-order valence-corrected chi connectivity index (χ2v) is 5.95. The van der Waals surface area contributed by atoms with E-state index < -0.39 is 11.6 Å². The fourth-order valence-electron chi connectivity index (χ4n) is 2.44. The van der Waals surface area contributed by atoms with Crippen LogP contribution in [0, 0.1) is 0 Å². The molecule has 2 aliphatic heterocycles. The Balaban J connectivity index is 1.85. The average molecular weight is 282 g/mol. The van der Waals surface area contributed by atoms with Gasteiger partial charge < -0.3 is 15.1 Å². The number of hydrogen-bond acceptors (Lipinski definition) is 4. The topological polar surface area (TPSA) is 73.0 Å². The lowest BCUT2D eigenvalue weighted by molar-refractivity contribution is -0.134. The van der Waals surface area contributed by atoms with Gasteiger partial charge in [-0.2, -0.15) is 0 Å². The van der Waals surface area contributed by atoms with E-state index in [-0.39, 0.29) is 24.8 Å². The average Bonchev–Trinajstić information content (AvgIpc) is 2.57. The van der Waals surface area contributed by atoms with Crippen LogP contribution in [0.25, 0.3) is 0 Å². The Hall–Kier alpha value is -1.63. The molecule has 0 atom stereocenters. The standard InChI is InChI=1S/C13H22N4O3/c1-13(2)11(19)17(12(20)14-13)5-4-10(18)16-8-6-15(3)7-9-16/h4-9H2,1-3H3,(H,14,20). The van der Waals surface area contributed by atoms with Crippen molar-refractivity contribution >= 4 is 17.8 Å². The Morgan fingerprint density at radius 2 is 1.80 bits per heavy atom. The van der Waals surface area contributed by atoms with Crippen molar-refractivity contribution in [1.29, 1.82) is 0 Å². The van der Waals surface area contributed by atoms with Gasteiger partial charge in [0.1, 0.15) is 5.54 Å². The van der Waals surface area contributed by atoms with Crippen LogP contribution < -0.4 is 5.32 Å². The molecular weight excluding hydrogens is 260 g/mol. The molecule has 20 heavy (non-hydrogen) atoms. The third-order valence-corrected chi connectivity index (χ3v) is 3.85. The van der Waals surface area contributed by atoms with Gasteiger partial charge in [0, 0.05) is 39.1 Å². The fraction of sp³-hybridized carbons (Fsp3) is 0.769. The molecule has 0 aliphatic carbocycles. The van der Waals surface area contributed by atoms with Gasteiger partial charge in [-0.1, -0.05) is 0 Å². The van der Waals surface area contributed by atoms with Crippen LogP contribution in [-0.2, 0) is 9.59 Å². The van der Waals surface area contributed by atoms with Gasteiger partial charge in [0.25, 0.3) is 5.91 Å². The Morgan fingerprint density at radius 1 is 1.20 bits per heavy atom. The molecule has 1 N–H and O–H groups in total. The SMILES string of the molecule is CN1CCN(C(=O)CCN2C(=O)NC(C)(C)C2=O)CC1. The number of likely N-dealkylation sites (N-methyl/N-ethyl adjacent to an activating group) is 1. The van der Waals surface area contributed by atoms with Crippen molar-refractivity contribution in [2.75, 3.05) is 39.8 Å². The minimum atomic E-state index is -0.867. The zero-order valence-electron chi connectivity index (χ0n) is 12.3. The van der Waals surface area contributed by atoms with E-state index in [1.54, 1.807) is 18.7 Å². The highest BCUT2D eigenvalue weighted by Gasteiger charge is 2.44. The summed E-state index contributed by atoms with van der Waals surface area (Å²) >= 11 is 0. The number of imide groups is 1. The van der Waals surface area contributed by atoms with Crippen molar-refractivity contribution in [2.45, 2.75) is 25.8 Å². The number of amides is 4. The molecule has 0 aromatic heterocycles. The molecule has 0 spiro atoms. The Morgan fingerprint density at radius 3 is 2.30 bits per heavy atom. The molecule has 112 valence electrons. The van der Waals surface area contributed by atoms with Gasteiger partial charge in [-0.15, -0.1) is 0 Å². The Bertz CT molecular complexity index is 427. The van der Waals surface area contributed by atoms with E-state index in [2.05, 4.69) is 10.2 Å². The number of hydrogen-bond donors (Lipinski definition) is 1. The Kier molecular flexibility index (Phi) is 3.99. The molecule has 7 heteroatoms. The first-order valence-corrected chi connectivity index (χ1v) is 6.92. The second-order valence-electron chi connectivity index (χ2n) is 5.95. The predicted molar refractivity (Wildman–Crippen MR) is 73.0 cm³/mol. The van der Waals surface area contributed by atoms with Crippen LogP contribution in [0.5, 0.6) is 0 Å². The number of nitrogens with zero attached hydrogens (tertiary/aromatic N) is 3. The van der Waals surface area contributed by atoms with E-state index in [1.165, 1.54) is 0 Å². The van der Waals surface area contributed by atoms with Crippen LogP contribution >= 0.6 is 0 Å². The largest absolute Gasteiger partial charge is 0.340 e. The number of nitrogens with one attached hydrogen (secondary N) is 1. The molecule has 0 aromatic rings. The van der Waals surface area contributed by atoms with Crippen molar-refractivity contribution in [3.05, 3.63) is 0 Å². The number of urea groups is 1. The second kappa shape index (κ2) is 5.40. The predicted octanol–water partition coefficient (Wildman–Crippen LogP) is -0.519. The van der Waals surface area contributed by atoms with E-state index in [4.69, 9.17) is 0 Å². The molecule has 0 saturated carbocycles. The maximum atomic E-state index is 12.1. The van der Waals surface area contributed by atoms with E-state index in [0.29, 0.717) is 13.1 Å². The van der Waals surface area contributed by atoms with Crippen molar-refractivity contribution in [3.63, 3.8) is 0 Å². The van der Waals surface area contributed by atoms with Crippen LogP contribution in [0.1, 0.15) is 20.3 Å². The number of carbonyl (C=O) groups excluding carboxylic acids is 3. The molecule has 4 amide bonds. The quantitative estimate of drug-likeness (QED) is 0.707. The van der Waals surface area contributed by atoms with E-state index in [9.17, 15) is 14.4 Å². The molecule has 2 rings (SSSR count). The van der Waals surface area contributed by atoms with Crippen molar-refractivity contribution in [3.8, 4) is 0 Å². The molecule has 0 unspecified atom stereocenters. The van der Waals surface area contributed by atoms with Gasteiger partial charge in [-0.05, 0) is 20.9 Å². The third kappa shape index (κ3) is 2.92. The summed E-state index contributed by atoms with van der Waals surface area (Å²) in [5.74, 6) is -0.267. The first-order chi connectivity index (χ1) is 9.31. The summed E-state index contributed by atoms with van der Waals surface area (Å²) in [6.07, 6.45) is 0.193. The van der Waals surface area contributed by atoms with Crippen LogP contribution in [-0.4, -0.2) is 77.9 Å². The summed E-state index contributed by atoms with van der Waals surface area (Å²) in [5, 5.41) is 2.61. The van der Waals surface area contributed by atoms with Gasteiger partial charge in [0.15, 0.2) is 0 Å². The number of rotatable bonds is 3. The monoisotopic (exact) mass is 282 g/mol. The summed E-state index contributed by atoms with van der Waals surface area (Å²) in [4.78, 5) is 40.8. The lowest BCUT2D eigenvalue weighted by atomic mass is 10.1. The molecular formula is C13H22N4O3. The highest BCUT2D eigenvalue weighted by molar-refractivity contribution is 6.06. The summed E-state index contributed by atoms with van der Waals surface area (Å²) in [7, 11) is 2.02. The highest BCUT2D eigenvalue weighted by atomic mass is 16.2. The molecule has 0 bridgehead atoms. The van der Waals surface area contributed by atoms with Gasteiger partial charge in [0.2, 0.25) is 5.91 Å². The molecule has 0 aromatic carbocycles. The summed E-state index contributed by atoms with van der Waals surface area (Å²) < 4.78 is 0. The molecule has 2 aliphatic rings. The van der Waals surface area contributed by atoms with E-state index in [1.807, 2.05) is 7.05 Å².